The van der Waals surface area contributed by atoms with Gasteiger partial charge in [0.1, 0.15) is 12.9 Å². The maximum Gasteiger partial charge on any atom is 0.472 e. The van der Waals surface area contributed by atoms with E-state index in [4.69, 9.17) is 4.89 Å². The zero-order chi connectivity index (χ0) is 10.3. The number of phosphoric ester groups is 1. The standard InChI is InChI=1S/C6H14NO5P/c1-7(2)3-5-11-13(9,10)12-6-4-8/h4H,3,5-6H2,1-2H3,(H,9,10). The Morgan fingerprint density at radius 3 is 2.54 bits per heavy atom. The van der Waals surface area contributed by atoms with Gasteiger partial charge in [-0.1, -0.05) is 0 Å². The van der Waals surface area contributed by atoms with Crippen LogP contribution < -0.4 is 0 Å². The molecule has 6 nitrogen and oxygen atoms in total. The lowest BCUT2D eigenvalue weighted by molar-refractivity contribution is -0.110. The first-order valence-electron chi connectivity index (χ1n) is 3.68. The predicted molar refractivity (Wildman–Crippen MR) is 46.3 cm³/mol. The van der Waals surface area contributed by atoms with E-state index >= 15 is 0 Å². The highest BCUT2D eigenvalue weighted by Crippen LogP contribution is 2.42. The zero-order valence-corrected chi connectivity index (χ0v) is 8.57. The first-order chi connectivity index (χ1) is 5.98. The maximum absolute atomic E-state index is 10.9. The van der Waals surface area contributed by atoms with Gasteiger partial charge in [0, 0.05) is 6.54 Å². The Balaban J connectivity index is 3.62. The molecule has 0 aromatic rings. The van der Waals surface area contributed by atoms with Crippen molar-refractivity contribution in [3.63, 3.8) is 0 Å². The van der Waals surface area contributed by atoms with Crippen molar-refractivity contribution in [2.24, 2.45) is 0 Å². The van der Waals surface area contributed by atoms with E-state index in [1.54, 1.807) is 19.0 Å². The normalized spacial score (nSPS) is 15.7. The van der Waals surface area contributed by atoms with Crippen LogP contribution in [0.5, 0.6) is 0 Å². The Hall–Kier alpha value is -0.260. The average molecular weight is 211 g/mol. The molecule has 1 unspecified atom stereocenters. The molecule has 0 rings (SSSR count). The van der Waals surface area contributed by atoms with Crippen LogP contribution in [0.3, 0.4) is 0 Å². The molecule has 0 radical (unpaired) electrons. The van der Waals surface area contributed by atoms with E-state index in [0.717, 1.165) is 0 Å². The molecule has 0 amide bonds. The summed E-state index contributed by atoms with van der Waals surface area (Å²) < 4.78 is 19.7. The lowest BCUT2D eigenvalue weighted by atomic mass is 10.6. The first kappa shape index (κ1) is 12.7. The van der Waals surface area contributed by atoms with Gasteiger partial charge < -0.3 is 14.6 Å². The number of nitrogens with zero attached hydrogens (tertiary/aromatic N) is 1. The van der Waals surface area contributed by atoms with Gasteiger partial charge in [-0.3, -0.25) is 9.05 Å². The number of carbonyl (C=O) groups excluding carboxylic acids is 1. The molecular formula is C6H14NO5P. The van der Waals surface area contributed by atoms with Crippen molar-refractivity contribution >= 4 is 14.1 Å². The molecule has 0 aliphatic carbocycles. The first-order valence-corrected chi connectivity index (χ1v) is 5.18. The number of aldehydes is 1. The topological polar surface area (TPSA) is 76.1 Å². The van der Waals surface area contributed by atoms with Crippen molar-refractivity contribution < 1.29 is 23.3 Å². The lowest BCUT2D eigenvalue weighted by Crippen LogP contribution is -2.17. The van der Waals surface area contributed by atoms with E-state index in [9.17, 15) is 9.36 Å². The molecule has 0 aromatic heterocycles. The fraction of sp³-hybridized carbons (Fsp3) is 0.833. The van der Waals surface area contributed by atoms with Gasteiger partial charge >= 0.3 is 7.82 Å². The minimum absolute atomic E-state index is 0.0830. The van der Waals surface area contributed by atoms with Crippen molar-refractivity contribution in [3.05, 3.63) is 0 Å². The maximum atomic E-state index is 10.9. The molecule has 0 aliphatic heterocycles. The summed E-state index contributed by atoms with van der Waals surface area (Å²) in [4.78, 5) is 20.5. The summed E-state index contributed by atoms with van der Waals surface area (Å²) in [7, 11) is -0.416. The summed E-state index contributed by atoms with van der Waals surface area (Å²) in [6.45, 7) is 0.157. The number of carbonyl (C=O) groups is 1. The molecule has 0 fully saturated rings. The van der Waals surface area contributed by atoms with Crippen LogP contribution in [0.4, 0.5) is 0 Å². The summed E-state index contributed by atoms with van der Waals surface area (Å²) in [5.74, 6) is 0. The van der Waals surface area contributed by atoms with Crippen molar-refractivity contribution in [3.8, 4) is 0 Å². The highest BCUT2D eigenvalue weighted by molar-refractivity contribution is 7.47. The number of likely N-dealkylation sites (N-methyl/N-ethyl adjacent to an activating group) is 1. The summed E-state index contributed by atoms with van der Waals surface area (Å²) in [5.41, 5.74) is 0. The molecule has 0 saturated carbocycles. The van der Waals surface area contributed by atoms with Crippen LogP contribution in [0.25, 0.3) is 0 Å². The molecule has 0 spiro atoms. The van der Waals surface area contributed by atoms with Crippen molar-refractivity contribution in [2.75, 3.05) is 33.9 Å². The van der Waals surface area contributed by atoms with Gasteiger partial charge in [0.05, 0.1) is 6.61 Å². The largest absolute Gasteiger partial charge is 0.472 e. The van der Waals surface area contributed by atoms with Crippen LogP contribution in [-0.4, -0.2) is 49.9 Å². The van der Waals surface area contributed by atoms with Crippen LogP contribution in [0.1, 0.15) is 0 Å². The van der Waals surface area contributed by atoms with Crippen molar-refractivity contribution in [1.29, 1.82) is 0 Å². The molecule has 1 N–H and O–H groups in total. The summed E-state index contributed by atoms with van der Waals surface area (Å²) in [6.07, 6.45) is 0.387. The van der Waals surface area contributed by atoms with Crippen LogP contribution in [0, 0.1) is 0 Å². The van der Waals surface area contributed by atoms with Gasteiger partial charge in [-0.25, -0.2) is 4.57 Å². The Morgan fingerprint density at radius 2 is 2.08 bits per heavy atom. The smallest absolute Gasteiger partial charge is 0.307 e. The van der Waals surface area contributed by atoms with Crippen molar-refractivity contribution in [1.82, 2.24) is 4.90 Å². The van der Waals surface area contributed by atoms with Gasteiger partial charge in [-0.15, -0.1) is 0 Å². The molecule has 0 aliphatic rings. The average Bonchev–Trinajstić information content (AvgIpc) is 2.00. The quantitative estimate of drug-likeness (QED) is 0.467. The minimum atomic E-state index is -4.02. The zero-order valence-electron chi connectivity index (χ0n) is 7.67. The third kappa shape index (κ3) is 8.08. The molecule has 78 valence electrons. The number of rotatable bonds is 7. The summed E-state index contributed by atoms with van der Waals surface area (Å²) in [5, 5.41) is 0. The molecule has 7 heteroatoms. The van der Waals surface area contributed by atoms with E-state index in [1.165, 1.54) is 0 Å². The van der Waals surface area contributed by atoms with Crippen LogP contribution in [-0.2, 0) is 18.4 Å². The SMILES string of the molecule is CN(C)CCOP(=O)(O)OCC=O. The molecule has 0 aromatic carbocycles. The van der Waals surface area contributed by atoms with Gasteiger partial charge in [-0.05, 0) is 14.1 Å². The van der Waals surface area contributed by atoms with E-state index in [-0.39, 0.29) is 6.61 Å². The van der Waals surface area contributed by atoms with E-state index < -0.39 is 14.4 Å². The molecule has 13 heavy (non-hydrogen) atoms. The van der Waals surface area contributed by atoms with Gasteiger partial charge in [0.2, 0.25) is 0 Å². The summed E-state index contributed by atoms with van der Waals surface area (Å²) in [6, 6.07) is 0. The predicted octanol–water partition coefficient (Wildman–Crippen LogP) is -0.120. The molecular weight excluding hydrogens is 197 g/mol. The van der Waals surface area contributed by atoms with Gasteiger partial charge in [-0.2, -0.15) is 0 Å². The Morgan fingerprint density at radius 1 is 1.46 bits per heavy atom. The minimum Gasteiger partial charge on any atom is -0.307 e. The van der Waals surface area contributed by atoms with E-state index in [0.29, 0.717) is 12.8 Å². The van der Waals surface area contributed by atoms with E-state index in [1.807, 2.05) is 0 Å². The Labute approximate surface area is 77.1 Å². The third-order valence-electron chi connectivity index (χ3n) is 1.10. The number of hydrogen-bond acceptors (Lipinski definition) is 5. The second-order valence-electron chi connectivity index (χ2n) is 2.57. The second-order valence-corrected chi connectivity index (χ2v) is 4.02. The molecule has 1 atom stereocenters. The fourth-order valence-corrected chi connectivity index (χ4v) is 1.14. The van der Waals surface area contributed by atoms with Crippen LogP contribution in [0.15, 0.2) is 0 Å². The number of hydrogen-bond donors (Lipinski definition) is 1. The lowest BCUT2D eigenvalue weighted by Gasteiger charge is -2.12. The third-order valence-corrected chi connectivity index (χ3v) is 2.08. The monoisotopic (exact) mass is 211 g/mol. The highest BCUT2D eigenvalue weighted by Gasteiger charge is 2.19. The van der Waals surface area contributed by atoms with Crippen LogP contribution in [0.2, 0.25) is 0 Å². The molecule has 0 heterocycles. The Bertz CT molecular complexity index is 195. The van der Waals surface area contributed by atoms with Gasteiger partial charge in [0.25, 0.3) is 0 Å². The van der Waals surface area contributed by atoms with E-state index in [2.05, 4.69) is 9.05 Å². The fourth-order valence-electron chi connectivity index (χ4n) is 0.501. The molecule has 0 bridgehead atoms. The Kier molecular flexibility index (Phi) is 6.11. The van der Waals surface area contributed by atoms with Crippen molar-refractivity contribution in [2.45, 2.75) is 0 Å². The second kappa shape index (κ2) is 6.23. The molecule has 0 saturated heterocycles. The van der Waals surface area contributed by atoms with Gasteiger partial charge in [0.15, 0.2) is 0 Å². The summed E-state index contributed by atoms with van der Waals surface area (Å²) >= 11 is 0. The van der Waals surface area contributed by atoms with Crippen LogP contribution >= 0.6 is 7.82 Å². The number of phosphoric acid groups is 1. The highest BCUT2D eigenvalue weighted by atomic mass is 31.2.